The summed E-state index contributed by atoms with van der Waals surface area (Å²) in [7, 11) is 0. The summed E-state index contributed by atoms with van der Waals surface area (Å²) < 4.78 is 23.5. The van der Waals surface area contributed by atoms with E-state index in [1.807, 2.05) is 6.07 Å². The van der Waals surface area contributed by atoms with Crippen molar-refractivity contribution in [2.75, 3.05) is 0 Å². The first-order chi connectivity index (χ1) is 5.70. The molecular weight excluding hydrogens is 286 g/mol. The van der Waals surface area contributed by atoms with E-state index in [0.29, 0.717) is 5.56 Å². The van der Waals surface area contributed by atoms with Gasteiger partial charge in [0.15, 0.2) is 0 Å². The van der Waals surface area contributed by atoms with Gasteiger partial charge in [-0.1, -0.05) is 0 Å². The molecule has 0 heterocycles. The Hall–Kier alpha value is 0.0287. The van der Waals surface area contributed by atoms with Gasteiger partial charge in [0, 0.05) is 0 Å². The van der Waals surface area contributed by atoms with Crippen molar-refractivity contribution in [2.45, 2.75) is 5.56 Å². The molecule has 1 unspecified atom stereocenters. The molecule has 0 spiro atoms. The van der Waals surface area contributed by atoms with E-state index in [1.54, 1.807) is 24.3 Å². The zero-order valence-corrected chi connectivity index (χ0v) is 9.72. The molecule has 0 bridgehead atoms. The summed E-state index contributed by atoms with van der Waals surface area (Å²) in [4.78, 5) is 0. The molecule has 1 aromatic rings. The zero-order valence-electron chi connectivity index (χ0n) is 6.11. The first-order valence-electron chi connectivity index (χ1n) is 3.29. The number of hydrogen-bond acceptors (Lipinski definition) is 2. The molecule has 0 aliphatic carbocycles. The molecule has 0 radical (unpaired) electrons. The van der Waals surface area contributed by atoms with Crippen molar-refractivity contribution in [2.24, 2.45) is 0 Å². The van der Waals surface area contributed by atoms with Crippen LogP contribution in [0.3, 0.4) is 0 Å². The van der Waals surface area contributed by atoms with Crippen molar-refractivity contribution in [3.63, 3.8) is 0 Å². The van der Waals surface area contributed by atoms with Crippen molar-refractivity contribution in [1.82, 2.24) is 0 Å². The minimum absolute atomic E-state index is 0.696. The molecule has 5 heteroatoms. The molecule has 12 heavy (non-hydrogen) atoms. The normalized spacial score (nSPS) is 12.5. The van der Waals surface area contributed by atoms with Gasteiger partial charge in [-0.3, -0.25) is 0 Å². The summed E-state index contributed by atoms with van der Waals surface area (Å²) in [6, 6.07) is 8.90. The number of alkyl halides is 1. The van der Waals surface area contributed by atoms with Gasteiger partial charge in [0.05, 0.1) is 0 Å². The van der Waals surface area contributed by atoms with Gasteiger partial charge in [-0.05, 0) is 0 Å². The molecule has 64 valence electrons. The van der Waals surface area contributed by atoms with Crippen LogP contribution in [0.4, 0.5) is 0 Å². The average molecular weight is 293 g/mol. The Labute approximate surface area is 83.1 Å². The standard InChI is InChI=1S/C7H6ClO.H2O.O.Sn/c8-7(9)6-4-2-1-3-5-6;;;/h1-5,7H;1H2;;/q-1;;;+2/p-1. The van der Waals surface area contributed by atoms with Gasteiger partial charge in [-0.2, -0.15) is 0 Å². The Balaban J connectivity index is 2.65. The summed E-state index contributed by atoms with van der Waals surface area (Å²) in [5, 5.41) is 0. The molecule has 0 saturated heterocycles. The second-order valence-corrected chi connectivity index (χ2v) is 4.70. The van der Waals surface area contributed by atoms with Gasteiger partial charge < -0.3 is 0 Å². The molecule has 1 rings (SSSR count). The van der Waals surface area contributed by atoms with E-state index in [-0.39, 0.29) is 0 Å². The number of halogens is 1. The molecule has 0 saturated carbocycles. The quantitative estimate of drug-likeness (QED) is 0.676. The third-order valence-corrected chi connectivity index (χ3v) is 3.28. The monoisotopic (exact) mass is 294 g/mol. The van der Waals surface area contributed by atoms with Crippen molar-refractivity contribution in [3.8, 4) is 0 Å². The zero-order chi connectivity index (χ0) is 8.97. The predicted octanol–water partition coefficient (Wildman–Crippen LogP) is 1.35. The van der Waals surface area contributed by atoms with Gasteiger partial charge in [0.2, 0.25) is 0 Å². The van der Waals surface area contributed by atoms with Crippen LogP contribution >= 0.6 is 11.6 Å². The fourth-order valence-electron chi connectivity index (χ4n) is 0.761. The molecule has 0 aliphatic heterocycles. The second-order valence-electron chi connectivity index (χ2n) is 2.11. The Morgan fingerprint density at radius 2 is 2.00 bits per heavy atom. The van der Waals surface area contributed by atoms with Crippen molar-refractivity contribution in [1.29, 1.82) is 0 Å². The van der Waals surface area contributed by atoms with Crippen molar-refractivity contribution >= 4 is 32.2 Å². The summed E-state index contributed by atoms with van der Waals surface area (Å²) in [5.74, 6) is 0. The number of hydrogen-bond donors (Lipinski definition) is 1. The van der Waals surface area contributed by atoms with E-state index in [4.69, 9.17) is 15.0 Å². The second kappa shape index (κ2) is 4.91. The minimum atomic E-state index is -3.78. The van der Waals surface area contributed by atoms with Crippen LogP contribution in [0.2, 0.25) is 0 Å². The van der Waals surface area contributed by atoms with E-state index in [9.17, 15) is 3.08 Å². The van der Waals surface area contributed by atoms with Crippen LogP contribution in [0.15, 0.2) is 30.3 Å². The van der Waals surface area contributed by atoms with Gasteiger partial charge in [0.25, 0.3) is 0 Å². The van der Waals surface area contributed by atoms with Crippen LogP contribution in [0, 0.1) is 0 Å². The number of rotatable bonds is 3. The molecule has 3 nitrogen and oxygen atoms in total. The van der Waals surface area contributed by atoms with Crippen LogP contribution < -0.4 is 0 Å². The summed E-state index contributed by atoms with van der Waals surface area (Å²) in [6.45, 7) is 0. The van der Waals surface area contributed by atoms with Crippen LogP contribution in [-0.4, -0.2) is 24.0 Å². The first kappa shape index (κ1) is 10.1. The van der Waals surface area contributed by atoms with E-state index < -0.39 is 26.1 Å². The van der Waals surface area contributed by atoms with Gasteiger partial charge in [-0.25, -0.2) is 0 Å². The maximum absolute atomic E-state index is 10.4. The Morgan fingerprint density at radius 1 is 1.42 bits per heavy atom. The van der Waals surface area contributed by atoms with E-state index >= 15 is 0 Å². The van der Waals surface area contributed by atoms with Gasteiger partial charge >= 0.3 is 83.2 Å². The average Bonchev–Trinajstić information content (AvgIpc) is 2.05. The summed E-state index contributed by atoms with van der Waals surface area (Å²) in [5.41, 5.74) is -0.106. The molecule has 0 fully saturated rings. The topological polar surface area (TPSA) is 46.5 Å². The molecule has 1 N–H and O–H groups in total. The van der Waals surface area contributed by atoms with Crippen LogP contribution in [-0.2, 0) is 6.15 Å². The summed E-state index contributed by atoms with van der Waals surface area (Å²) in [6.07, 6.45) is 0. The van der Waals surface area contributed by atoms with E-state index in [1.165, 1.54) is 0 Å². The molecule has 1 aromatic carbocycles. The fraction of sp³-hybridized carbons (Fsp3) is 0.143. The first-order valence-corrected chi connectivity index (χ1v) is 7.33. The van der Waals surface area contributed by atoms with E-state index in [0.717, 1.165) is 0 Å². The van der Waals surface area contributed by atoms with Crippen LogP contribution in [0.5, 0.6) is 0 Å². The fourth-order valence-corrected chi connectivity index (χ4v) is 2.31. The van der Waals surface area contributed by atoms with Gasteiger partial charge in [0.1, 0.15) is 0 Å². The van der Waals surface area contributed by atoms with Crippen LogP contribution in [0.1, 0.15) is 11.1 Å². The predicted molar refractivity (Wildman–Crippen MR) is 44.8 cm³/mol. The SMILES string of the molecule is [O]=[Sn]([OH])[O]C(Cl)c1ccccc1. The van der Waals surface area contributed by atoms with Crippen molar-refractivity contribution in [3.05, 3.63) is 35.9 Å². The summed E-state index contributed by atoms with van der Waals surface area (Å²) >= 11 is 1.89. The van der Waals surface area contributed by atoms with Gasteiger partial charge in [-0.15, -0.1) is 0 Å². The third kappa shape index (κ3) is 3.18. The third-order valence-electron chi connectivity index (χ3n) is 1.27. The van der Waals surface area contributed by atoms with Crippen molar-refractivity contribution < 1.29 is 9.59 Å². The molecule has 0 aromatic heterocycles. The molecule has 1 atom stereocenters. The van der Waals surface area contributed by atoms with E-state index in [2.05, 4.69) is 3.07 Å². The molecule has 0 amide bonds. The maximum atomic E-state index is 10.4. The Morgan fingerprint density at radius 3 is 2.50 bits per heavy atom. The molecule has 0 aliphatic rings. The molecular formula is C7H7ClO3Sn. The van der Waals surface area contributed by atoms with Crippen LogP contribution in [0.25, 0.3) is 0 Å². The Kier molecular flexibility index (Phi) is 4.14. The Bertz CT molecular complexity index is 265. The number of benzene rings is 1.